The fourth-order valence-electron chi connectivity index (χ4n) is 3.11. The van der Waals surface area contributed by atoms with Crippen molar-refractivity contribution in [3.05, 3.63) is 70.6 Å². The molecule has 132 valence electrons. The molecule has 0 radical (unpaired) electrons. The number of nitrogens with zero attached hydrogens (tertiary/aromatic N) is 1. The van der Waals surface area contributed by atoms with Gasteiger partial charge in [0.05, 0.1) is 4.88 Å². The van der Waals surface area contributed by atoms with Crippen molar-refractivity contribution in [2.75, 3.05) is 17.7 Å². The van der Waals surface area contributed by atoms with E-state index in [9.17, 15) is 4.79 Å². The van der Waals surface area contributed by atoms with E-state index in [0.29, 0.717) is 18.8 Å². The van der Waals surface area contributed by atoms with E-state index in [0.717, 1.165) is 26.9 Å². The first-order valence-corrected chi connectivity index (χ1v) is 9.30. The lowest BCUT2D eigenvalue weighted by Gasteiger charge is -2.23. The molecule has 6 heteroatoms. The summed E-state index contributed by atoms with van der Waals surface area (Å²) in [5, 5.41) is 6.72. The van der Waals surface area contributed by atoms with Gasteiger partial charge in [-0.15, -0.1) is 0 Å². The number of amides is 1. The van der Waals surface area contributed by atoms with E-state index < -0.39 is 0 Å². The zero-order valence-electron chi connectivity index (χ0n) is 14.4. The number of thiazole rings is 1. The highest BCUT2D eigenvalue weighted by Crippen LogP contribution is 2.44. The Bertz CT molecular complexity index is 924. The second-order valence-corrected chi connectivity index (χ2v) is 7.13. The van der Waals surface area contributed by atoms with Crippen LogP contribution in [0.4, 0.5) is 10.9 Å². The first kappa shape index (κ1) is 16.6. The SMILES string of the molecule is CNc1nc2c(s1)[C@@H](c1ccccc1OCc1ccccc1)CC(=O)N2. The molecule has 0 unspecified atom stereocenters. The summed E-state index contributed by atoms with van der Waals surface area (Å²) < 4.78 is 6.10. The average molecular weight is 365 g/mol. The van der Waals surface area contributed by atoms with Crippen molar-refractivity contribution < 1.29 is 9.53 Å². The summed E-state index contributed by atoms with van der Waals surface area (Å²) in [6.45, 7) is 0.494. The van der Waals surface area contributed by atoms with Crippen molar-refractivity contribution >= 4 is 28.2 Å². The Balaban J connectivity index is 1.66. The molecule has 0 saturated heterocycles. The number of aromatic nitrogens is 1. The molecule has 5 nitrogen and oxygen atoms in total. The molecule has 1 aromatic heterocycles. The van der Waals surface area contributed by atoms with Gasteiger partial charge in [0, 0.05) is 24.9 Å². The number of hydrogen-bond acceptors (Lipinski definition) is 5. The van der Waals surface area contributed by atoms with Gasteiger partial charge < -0.3 is 15.4 Å². The fraction of sp³-hybridized carbons (Fsp3) is 0.200. The zero-order chi connectivity index (χ0) is 17.9. The van der Waals surface area contributed by atoms with Gasteiger partial charge in [-0.05, 0) is 11.6 Å². The second kappa shape index (κ2) is 7.17. The molecule has 0 aliphatic carbocycles. The number of rotatable bonds is 5. The van der Waals surface area contributed by atoms with Crippen molar-refractivity contribution in [3.8, 4) is 5.75 Å². The summed E-state index contributed by atoms with van der Waals surface area (Å²) in [6, 6.07) is 18.0. The third kappa shape index (κ3) is 3.28. The average Bonchev–Trinajstić information content (AvgIpc) is 3.10. The van der Waals surface area contributed by atoms with Gasteiger partial charge in [0.25, 0.3) is 0 Å². The number of fused-ring (bicyclic) bond motifs is 1. The third-order valence-corrected chi connectivity index (χ3v) is 5.55. The number of para-hydroxylation sites is 1. The number of nitrogens with one attached hydrogen (secondary N) is 2. The van der Waals surface area contributed by atoms with Crippen molar-refractivity contribution in [3.63, 3.8) is 0 Å². The first-order valence-electron chi connectivity index (χ1n) is 8.48. The molecule has 2 aromatic carbocycles. The highest BCUT2D eigenvalue weighted by Gasteiger charge is 2.31. The van der Waals surface area contributed by atoms with Crippen LogP contribution in [0.1, 0.15) is 28.3 Å². The van der Waals surface area contributed by atoms with E-state index in [4.69, 9.17) is 4.74 Å². The normalized spacial score (nSPS) is 15.9. The molecule has 0 bridgehead atoms. The van der Waals surface area contributed by atoms with E-state index in [1.165, 1.54) is 0 Å². The third-order valence-electron chi connectivity index (χ3n) is 4.36. The van der Waals surface area contributed by atoms with E-state index in [2.05, 4.69) is 15.6 Å². The fourth-order valence-corrected chi connectivity index (χ4v) is 4.11. The van der Waals surface area contributed by atoms with Crippen LogP contribution in [0.3, 0.4) is 0 Å². The molecule has 4 rings (SSSR count). The summed E-state index contributed by atoms with van der Waals surface area (Å²) in [6.07, 6.45) is 0.393. The number of carbonyl (C=O) groups is 1. The van der Waals surface area contributed by atoms with E-state index in [1.54, 1.807) is 11.3 Å². The Hall–Kier alpha value is -2.86. The molecule has 2 heterocycles. The molecule has 0 saturated carbocycles. The first-order chi connectivity index (χ1) is 12.7. The van der Waals surface area contributed by atoms with Gasteiger partial charge in [0.2, 0.25) is 5.91 Å². The zero-order valence-corrected chi connectivity index (χ0v) is 15.2. The molecule has 1 aliphatic rings. The lowest BCUT2D eigenvalue weighted by molar-refractivity contribution is -0.116. The van der Waals surface area contributed by atoms with E-state index >= 15 is 0 Å². The molecule has 1 aliphatic heterocycles. The van der Waals surface area contributed by atoms with Gasteiger partial charge in [-0.3, -0.25) is 4.79 Å². The highest BCUT2D eigenvalue weighted by atomic mass is 32.1. The molecule has 0 fully saturated rings. The van der Waals surface area contributed by atoms with Gasteiger partial charge in [-0.1, -0.05) is 59.9 Å². The van der Waals surface area contributed by atoms with Crippen LogP contribution in [0.15, 0.2) is 54.6 Å². The Kier molecular flexibility index (Phi) is 4.58. The number of hydrogen-bond donors (Lipinski definition) is 2. The predicted molar refractivity (Wildman–Crippen MR) is 104 cm³/mol. The van der Waals surface area contributed by atoms with Gasteiger partial charge in [0.1, 0.15) is 18.2 Å². The topological polar surface area (TPSA) is 63.3 Å². The molecular weight excluding hydrogens is 346 g/mol. The van der Waals surface area contributed by atoms with Crippen LogP contribution < -0.4 is 15.4 Å². The Morgan fingerprint density at radius 1 is 1.19 bits per heavy atom. The molecular formula is C20H19N3O2S. The molecule has 2 N–H and O–H groups in total. The minimum atomic E-state index is -0.0506. The summed E-state index contributed by atoms with van der Waals surface area (Å²) in [4.78, 5) is 17.7. The maximum absolute atomic E-state index is 12.2. The molecule has 1 atom stereocenters. The summed E-state index contributed by atoms with van der Waals surface area (Å²) in [7, 11) is 1.83. The summed E-state index contributed by atoms with van der Waals surface area (Å²) in [5.74, 6) is 1.39. The standard InChI is InChI=1S/C20H19N3O2S/c1-21-20-23-19-18(26-20)15(11-17(24)22-19)14-9-5-6-10-16(14)25-12-13-7-3-2-4-8-13/h2-10,15H,11-12H2,1H3,(H,21,23)(H,22,24)/t15-/m1/s1. The molecule has 0 spiro atoms. The lowest BCUT2D eigenvalue weighted by Crippen LogP contribution is -2.23. The molecule has 1 amide bonds. The van der Waals surface area contributed by atoms with E-state index in [-0.39, 0.29) is 11.8 Å². The van der Waals surface area contributed by atoms with Crippen LogP contribution in [0.5, 0.6) is 5.75 Å². The maximum atomic E-state index is 12.2. The summed E-state index contributed by atoms with van der Waals surface area (Å²) in [5.41, 5.74) is 2.13. The van der Waals surface area contributed by atoms with Crippen LogP contribution in [0, 0.1) is 0 Å². The van der Waals surface area contributed by atoms with Crippen LogP contribution in [0.2, 0.25) is 0 Å². The largest absolute Gasteiger partial charge is 0.489 e. The van der Waals surface area contributed by atoms with Crippen molar-refractivity contribution in [1.29, 1.82) is 0 Å². The maximum Gasteiger partial charge on any atom is 0.226 e. The Labute approximate surface area is 156 Å². The number of ether oxygens (including phenoxy) is 1. The predicted octanol–water partition coefficient (Wildman–Crippen LogP) is 4.24. The Morgan fingerprint density at radius 3 is 2.77 bits per heavy atom. The van der Waals surface area contributed by atoms with E-state index in [1.807, 2.05) is 61.6 Å². The van der Waals surface area contributed by atoms with Gasteiger partial charge in [0.15, 0.2) is 5.13 Å². The van der Waals surface area contributed by atoms with Crippen LogP contribution in [0.25, 0.3) is 0 Å². The summed E-state index contributed by atoms with van der Waals surface area (Å²) >= 11 is 1.57. The number of carbonyl (C=O) groups excluding carboxylic acids is 1. The number of anilines is 2. The second-order valence-electron chi connectivity index (χ2n) is 6.10. The minimum absolute atomic E-state index is 0.0201. The van der Waals surface area contributed by atoms with Crippen molar-refractivity contribution in [2.45, 2.75) is 18.9 Å². The van der Waals surface area contributed by atoms with Crippen LogP contribution >= 0.6 is 11.3 Å². The monoisotopic (exact) mass is 365 g/mol. The minimum Gasteiger partial charge on any atom is -0.489 e. The highest BCUT2D eigenvalue weighted by molar-refractivity contribution is 7.16. The van der Waals surface area contributed by atoms with Crippen molar-refractivity contribution in [2.24, 2.45) is 0 Å². The Morgan fingerprint density at radius 2 is 1.96 bits per heavy atom. The van der Waals surface area contributed by atoms with Gasteiger partial charge >= 0.3 is 0 Å². The van der Waals surface area contributed by atoms with Crippen molar-refractivity contribution in [1.82, 2.24) is 4.98 Å². The van der Waals surface area contributed by atoms with Gasteiger partial charge in [-0.25, -0.2) is 4.98 Å². The van der Waals surface area contributed by atoms with Crippen LogP contribution in [-0.2, 0) is 11.4 Å². The lowest BCUT2D eigenvalue weighted by atomic mass is 9.91. The quantitative estimate of drug-likeness (QED) is 0.710. The van der Waals surface area contributed by atoms with Crippen LogP contribution in [-0.4, -0.2) is 17.9 Å². The smallest absolute Gasteiger partial charge is 0.226 e. The molecule has 26 heavy (non-hydrogen) atoms. The molecule has 3 aromatic rings. The number of benzene rings is 2. The van der Waals surface area contributed by atoms with Gasteiger partial charge in [-0.2, -0.15) is 0 Å².